The summed E-state index contributed by atoms with van der Waals surface area (Å²) >= 11 is 0. The monoisotopic (exact) mass is 227 g/mol. The molecule has 0 aliphatic carbocycles. The molecule has 0 saturated heterocycles. The van der Waals surface area contributed by atoms with E-state index in [1.165, 1.54) is 0 Å². The number of methoxy groups -OCH3 is 1. The third-order valence-corrected chi connectivity index (χ3v) is 2.02. The van der Waals surface area contributed by atoms with E-state index in [1.807, 2.05) is 0 Å². The highest BCUT2D eigenvalue weighted by molar-refractivity contribution is 4.91. The van der Waals surface area contributed by atoms with Crippen LogP contribution in [0.3, 0.4) is 0 Å². The van der Waals surface area contributed by atoms with Gasteiger partial charge in [-0.2, -0.15) is 4.98 Å². The van der Waals surface area contributed by atoms with Crippen LogP contribution in [0.2, 0.25) is 0 Å². The van der Waals surface area contributed by atoms with Gasteiger partial charge in [0.1, 0.15) is 0 Å². The minimum Gasteiger partial charge on any atom is -0.383 e. The second-order valence-corrected chi connectivity index (χ2v) is 5.26. The second kappa shape index (κ2) is 5.41. The van der Waals surface area contributed by atoms with Gasteiger partial charge in [-0.3, -0.25) is 0 Å². The summed E-state index contributed by atoms with van der Waals surface area (Å²) in [5.74, 6) is 1.33. The van der Waals surface area contributed by atoms with Crippen molar-refractivity contribution >= 4 is 0 Å². The predicted octanol–water partition coefficient (Wildman–Crippen LogP) is 1.17. The van der Waals surface area contributed by atoms with Gasteiger partial charge in [0.15, 0.2) is 5.82 Å². The summed E-state index contributed by atoms with van der Waals surface area (Å²) < 4.78 is 10.1. The van der Waals surface area contributed by atoms with Crippen molar-refractivity contribution in [2.75, 3.05) is 13.7 Å². The van der Waals surface area contributed by atoms with Crippen LogP contribution in [0.1, 0.15) is 32.5 Å². The Balaban J connectivity index is 2.51. The van der Waals surface area contributed by atoms with Gasteiger partial charge in [0.05, 0.1) is 6.61 Å². The molecule has 5 heteroatoms. The number of hydrogen-bond acceptors (Lipinski definition) is 5. The van der Waals surface area contributed by atoms with E-state index in [2.05, 4.69) is 30.9 Å². The van der Waals surface area contributed by atoms with Crippen molar-refractivity contribution in [1.82, 2.24) is 10.1 Å². The lowest BCUT2D eigenvalue weighted by Gasteiger charge is -2.14. The third kappa shape index (κ3) is 4.72. The van der Waals surface area contributed by atoms with Gasteiger partial charge in [-0.25, -0.2) is 0 Å². The number of nitrogens with two attached hydrogens (primary N) is 1. The highest BCUT2D eigenvalue weighted by atomic mass is 16.5. The fourth-order valence-electron chi connectivity index (χ4n) is 1.42. The summed E-state index contributed by atoms with van der Waals surface area (Å²) in [6.07, 6.45) is 1.36. The van der Waals surface area contributed by atoms with Crippen molar-refractivity contribution in [3.05, 3.63) is 11.7 Å². The smallest absolute Gasteiger partial charge is 0.228 e. The summed E-state index contributed by atoms with van der Waals surface area (Å²) in [6.45, 7) is 6.91. The van der Waals surface area contributed by atoms with E-state index in [1.54, 1.807) is 7.11 Å². The molecular weight excluding hydrogens is 206 g/mol. The fraction of sp³-hybridized carbons (Fsp3) is 0.818. The number of aromatic nitrogens is 2. The lowest BCUT2D eigenvalue weighted by molar-refractivity contribution is 0.176. The Morgan fingerprint density at radius 1 is 1.44 bits per heavy atom. The van der Waals surface area contributed by atoms with Crippen LogP contribution in [0.5, 0.6) is 0 Å². The van der Waals surface area contributed by atoms with Crippen LogP contribution in [0, 0.1) is 5.41 Å². The largest absolute Gasteiger partial charge is 0.383 e. The zero-order chi connectivity index (χ0) is 12.2. The quantitative estimate of drug-likeness (QED) is 0.817. The third-order valence-electron chi connectivity index (χ3n) is 2.02. The zero-order valence-corrected chi connectivity index (χ0v) is 10.5. The lowest BCUT2D eigenvalue weighted by atomic mass is 9.92. The fourth-order valence-corrected chi connectivity index (χ4v) is 1.42. The molecule has 92 valence electrons. The first-order valence-corrected chi connectivity index (χ1v) is 5.46. The molecule has 5 nitrogen and oxygen atoms in total. The molecule has 1 heterocycles. The van der Waals surface area contributed by atoms with Gasteiger partial charge in [-0.15, -0.1) is 0 Å². The Morgan fingerprint density at radius 3 is 2.69 bits per heavy atom. The topological polar surface area (TPSA) is 74.2 Å². The molecule has 1 aromatic heterocycles. The molecule has 0 radical (unpaired) electrons. The van der Waals surface area contributed by atoms with Gasteiger partial charge in [-0.05, 0) is 5.41 Å². The van der Waals surface area contributed by atoms with Crippen LogP contribution in [0.15, 0.2) is 4.52 Å². The summed E-state index contributed by atoms with van der Waals surface area (Å²) in [5.41, 5.74) is 5.96. The van der Waals surface area contributed by atoms with E-state index in [0.29, 0.717) is 18.9 Å². The first-order chi connectivity index (χ1) is 7.40. The summed E-state index contributed by atoms with van der Waals surface area (Å²) in [6, 6.07) is -0.0899. The summed E-state index contributed by atoms with van der Waals surface area (Å²) in [7, 11) is 1.62. The van der Waals surface area contributed by atoms with Gasteiger partial charge in [0, 0.05) is 26.0 Å². The number of rotatable bonds is 5. The van der Waals surface area contributed by atoms with E-state index < -0.39 is 0 Å². The molecule has 1 aromatic rings. The van der Waals surface area contributed by atoms with E-state index in [-0.39, 0.29) is 11.5 Å². The van der Waals surface area contributed by atoms with Crippen molar-refractivity contribution in [2.24, 2.45) is 11.1 Å². The SMILES string of the molecule is COCC(N)Cc1nc(CC(C)(C)C)no1. The number of nitrogens with zero attached hydrogens (tertiary/aromatic N) is 2. The Morgan fingerprint density at radius 2 is 2.12 bits per heavy atom. The number of hydrogen-bond donors (Lipinski definition) is 1. The zero-order valence-electron chi connectivity index (χ0n) is 10.5. The minimum atomic E-state index is -0.0899. The normalized spacial score (nSPS) is 14.1. The minimum absolute atomic E-state index is 0.0899. The van der Waals surface area contributed by atoms with Crippen molar-refractivity contribution in [2.45, 2.75) is 39.7 Å². The van der Waals surface area contributed by atoms with E-state index in [0.717, 1.165) is 12.2 Å². The standard InChI is InChI=1S/C11H21N3O2/c1-11(2,3)6-9-13-10(16-14-9)5-8(12)7-15-4/h8H,5-7,12H2,1-4H3. The van der Waals surface area contributed by atoms with Crippen LogP contribution < -0.4 is 5.73 Å². The molecule has 0 aliphatic rings. The van der Waals surface area contributed by atoms with Gasteiger partial charge in [-0.1, -0.05) is 25.9 Å². The molecule has 1 atom stereocenters. The summed E-state index contributed by atoms with van der Waals surface area (Å²) in [5, 5.41) is 3.93. The molecule has 0 spiro atoms. The maximum Gasteiger partial charge on any atom is 0.228 e. The molecular formula is C11H21N3O2. The summed E-state index contributed by atoms with van der Waals surface area (Å²) in [4.78, 5) is 4.30. The maximum absolute atomic E-state index is 5.80. The lowest BCUT2D eigenvalue weighted by Crippen LogP contribution is -2.28. The molecule has 0 saturated carbocycles. The van der Waals surface area contributed by atoms with Crippen molar-refractivity contribution in [1.29, 1.82) is 0 Å². The molecule has 0 fully saturated rings. The maximum atomic E-state index is 5.80. The van der Waals surface area contributed by atoms with E-state index >= 15 is 0 Å². The second-order valence-electron chi connectivity index (χ2n) is 5.26. The molecule has 1 unspecified atom stereocenters. The first-order valence-electron chi connectivity index (χ1n) is 5.46. The highest BCUT2D eigenvalue weighted by Crippen LogP contribution is 2.18. The molecule has 1 rings (SSSR count). The predicted molar refractivity (Wildman–Crippen MR) is 61.0 cm³/mol. The number of ether oxygens (including phenoxy) is 1. The van der Waals surface area contributed by atoms with Crippen molar-refractivity contribution in [3.8, 4) is 0 Å². The average molecular weight is 227 g/mol. The first kappa shape index (κ1) is 13.1. The molecule has 16 heavy (non-hydrogen) atoms. The van der Waals surface area contributed by atoms with Crippen molar-refractivity contribution in [3.63, 3.8) is 0 Å². The van der Waals surface area contributed by atoms with Gasteiger partial charge in [0.2, 0.25) is 5.89 Å². The Bertz CT molecular complexity index is 317. The van der Waals surface area contributed by atoms with Crippen LogP contribution in [-0.4, -0.2) is 29.9 Å². The molecule has 0 amide bonds. The molecule has 0 aliphatic heterocycles. The Hall–Kier alpha value is -0.940. The van der Waals surface area contributed by atoms with Crippen LogP contribution in [0.4, 0.5) is 0 Å². The molecule has 0 bridgehead atoms. The van der Waals surface area contributed by atoms with Gasteiger partial charge >= 0.3 is 0 Å². The Kier molecular flexibility index (Phi) is 4.44. The van der Waals surface area contributed by atoms with Crippen LogP contribution in [-0.2, 0) is 17.6 Å². The average Bonchev–Trinajstić information content (AvgIpc) is 2.49. The van der Waals surface area contributed by atoms with E-state index in [4.69, 9.17) is 15.0 Å². The molecule has 2 N–H and O–H groups in total. The highest BCUT2D eigenvalue weighted by Gasteiger charge is 2.17. The van der Waals surface area contributed by atoms with Crippen LogP contribution in [0.25, 0.3) is 0 Å². The Labute approximate surface area is 96.4 Å². The van der Waals surface area contributed by atoms with E-state index in [9.17, 15) is 0 Å². The van der Waals surface area contributed by atoms with Gasteiger partial charge < -0.3 is 15.0 Å². The van der Waals surface area contributed by atoms with Crippen molar-refractivity contribution < 1.29 is 9.26 Å². The van der Waals surface area contributed by atoms with Crippen LogP contribution >= 0.6 is 0 Å². The van der Waals surface area contributed by atoms with Gasteiger partial charge in [0.25, 0.3) is 0 Å². The molecule has 0 aromatic carbocycles.